The van der Waals surface area contributed by atoms with Crippen LogP contribution in [0.25, 0.3) is 0 Å². The van der Waals surface area contributed by atoms with Gasteiger partial charge in [0.25, 0.3) is 0 Å². The molecule has 0 aliphatic carbocycles. The molecule has 1 aromatic heterocycles. The Hall–Kier alpha value is -0.980. The van der Waals surface area contributed by atoms with E-state index in [1.807, 2.05) is 65.8 Å². The second kappa shape index (κ2) is 30.5. The summed E-state index contributed by atoms with van der Waals surface area (Å²) in [4.78, 5) is 0. The summed E-state index contributed by atoms with van der Waals surface area (Å²) in [5.41, 5.74) is 0. The van der Waals surface area contributed by atoms with Crippen LogP contribution in [0.3, 0.4) is 0 Å². The largest absolute Gasteiger partial charge is 0.473 e. The highest BCUT2D eigenvalue weighted by atomic mass is 16.3. The first-order valence-corrected chi connectivity index (χ1v) is 4.96. The molecule has 13 heavy (non-hydrogen) atoms. The number of furan rings is 1. The summed E-state index contributed by atoms with van der Waals surface area (Å²) in [5, 5.41) is 0. The van der Waals surface area contributed by atoms with Crippen molar-refractivity contribution in [3.8, 4) is 0 Å². The van der Waals surface area contributed by atoms with Gasteiger partial charge in [0, 0.05) is 0 Å². The standard InChI is InChI=1S/C4H4O.C4H8.2C2H6/c1-2-4-5-3-1;1-3-4-2;2*1-2/h1-4H;3-4H,1-2H3;2*1-2H3. The fourth-order valence-corrected chi connectivity index (χ4v) is 0.227. The van der Waals surface area contributed by atoms with Gasteiger partial charge >= 0.3 is 0 Å². The van der Waals surface area contributed by atoms with Gasteiger partial charge in [0.05, 0.1) is 12.5 Å². The monoisotopic (exact) mass is 184 g/mol. The van der Waals surface area contributed by atoms with Crippen LogP contribution in [0.2, 0.25) is 0 Å². The average Bonchev–Trinajstić information content (AvgIpc) is 2.82. The van der Waals surface area contributed by atoms with Crippen molar-refractivity contribution in [1.82, 2.24) is 0 Å². The lowest BCUT2D eigenvalue weighted by atomic mass is 10.6. The first-order chi connectivity index (χ1) is 6.41. The maximum atomic E-state index is 4.58. The molecule has 0 aromatic carbocycles. The average molecular weight is 184 g/mol. The molecule has 0 radical (unpaired) electrons. The third-order valence-electron chi connectivity index (χ3n) is 0.759. The molecule has 0 unspecified atom stereocenters. The molecule has 1 nitrogen and oxygen atoms in total. The Morgan fingerprint density at radius 1 is 0.769 bits per heavy atom. The van der Waals surface area contributed by atoms with Crippen molar-refractivity contribution in [3.05, 3.63) is 36.8 Å². The van der Waals surface area contributed by atoms with Gasteiger partial charge in [-0.25, -0.2) is 0 Å². The van der Waals surface area contributed by atoms with E-state index in [0.717, 1.165) is 0 Å². The van der Waals surface area contributed by atoms with Gasteiger partial charge in [0.1, 0.15) is 0 Å². The molecular weight excluding hydrogens is 160 g/mol. The van der Waals surface area contributed by atoms with Crippen LogP contribution in [0.5, 0.6) is 0 Å². The Morgan fingerprint density at radius 3 is 1.15 bits per heavy atom. The predicted molar refractivity (Wildman–Crippen MR) is 61.9 cm³/mol. The van der Waals surface area contributed by atoms with Crippen molar-refractivity contribution in [2.24, 2.45) is 0 Å². The van der Waals surface area contributed by atoms with Crippen LogP contribution < -0.4 is 0 Å². The van der Waals surface area contributed by atoms with E-state index in [1.54, 1.807) is 12.5 Å². The molecule has 1 aromatic rings. The van der Waals surface area contributed by atoms with Crippen molar-refractivity contribution in [1.29, 1.82) is 0 Å². The van der Waals surface area contributed by atoms with E-state index in [1.165, 1.54) is 0 Å². The van der Waals surface area contributed by atoms with E-state index in [-0.39, 0.29) is 0 Å². The van der Waals surface area contributed by atoms with E-state index in [2.05, 4.69) is 4.42 Å². The zero-order valence-corrected chi connectivity index (χ0v) is 9.87. The molecule has 0 spiro atoms. The number of allylic oxidation sites excluding steroid dienone is 2. The maximum absolute atomic E-state index is 4.58. The molecular formula is C12H24O. The molecule has 0 N–H and O–H groups in total. The second-order valence-electron chi connectivity index (χ2n) is 1.46. The minimum atomic E-state index is 1.62. The van der Waals surface area contributed by atoms with E-state index in [9.17, 15) is 0 Å². The van der Waals surface area contributed by atoms with Gasteiger partial charge in [-0.05, 0) is 26.0 Å². The Balaban J connectivity index is -0.000000114. The van der Waals surface area contributed by atoms with Crippen molar-refractivity contribution < 1.29 is 4.42 Å². The smallest absolute Gasteiger partial charge is 0.0902 e. The van der Waals surface area contributed by atoms with Gasteiger partial charge in [0.2, 0.25) is 0 Å². The fraction of sp³-hybridized carbons (Fsp3) is 0.500. The van der Waals surface area contributed by atoms with Crippen LogP contribution >= 0.6 is 0 Å². The van der Waals surface area contributed by atoms with Gasteiger partial charge in [0.15, 0.2) is 0 Å². The zero-order chi connectivity index (χ0) is 10.9. The molecule has 0 saturated carbocycles. The van der Waals surface area contributed by atoms with Gasteiger partial charge < -0.3 is 4.42 Å². The van der Waals surface area contributed by atoms with Crippen molar-refractivity contribution in [2.45, 2.75) is 41.5 Å². The summed E-state index contributed by atoms with van der Waals surface area (Å²) >= 11 is 0. The highest BCUT2D eigenvalue weighted by Crippen LogP contribution is 1.79. The van der Waals surface area contributed by atoms with E-state index >= 15 is 0 Å². The molecule has 1 heterocycles. The zero-order valence-electron chi connectivity index (χ0n) is 9.87. The van der Waals surface area contributed by atoms with Crippen LogP contribution in [0.4, 0.5) is 0 Å². The number of hydrogen-bond acceptors (Lipinski definition) is 1. The highest BCUT2D eigenvalue weighted by Gasteiger charge is 1.58. The van der Waals surface area contributed by atoms with Crippen molar-refractivity contribution in [2.75, 3.05) is 0 Å². The van der Waals surface area contributed by atoms with E-state index in [0.29, 0.717) is 0 Å². The summed E-state index contributed by atoms with van der Waals surface area (Å²) < 4.78 is 4.58. The third-order valence-corrected chi connectivity index (χ3v) is 0.759. The van der Waals surface area contributed by atoms with Crippen molar-refractivity contribution >= 4 is 0 Å². The van der Waals surface area contributed by atoms with Crippen molar-refractivity contribution in [3.63, 3.8) is 0 Å². The molecule has 0 amide bonds. The predicted octanol–water partition coefficient (Wildman–Crippen LogP) is 4.91. The van der Waals surface area contributed by atoms with Crippen LogP contribution in [0, 0.1) is 0 Å². The Kier molecular flexibility index (Phi) is 42.1. The summed E-state index contributed by atoms with van der Waals surface area (Å²) in [7, 11) is 0. The third kappa shape index (κ3) is 35.6. The summed E-state index contributed by atoms with van der Waals surface area (Å²) in [5.74, 6) is 0. The first-order valence-electron chi connectivity index (χ1n) is 4.96. The number of hydrogen-bond donors (Lipinski definition) is 0. The van der Waals surface area contributed by atoms with Crippen LogP contribution in [-0.2, 0) is 0 Å². The molecule has 1 rings (SSSR count). The molecule has 0 fully saturated rings. The van der Waals surface area contributed by atoms with Gasteiger partial charge in [-0.3, -0.25) is 0 Å². The molecule has 0 atom stereocenters. The lowest BCUT2D eigenvalue weighted by Crippen LogP contribution is -1.26. The normalized spacial score (nSPS) is 6.92. The van der Waals surface area contributed by atoms with Crippen LogP contribution in [-0.4, -0.2) is 0 Å². The number of rotatable bonds is 0. The van der Waals surface area contributed by atoms with Gasteiger partial charge in [-0.1, -0.05) is 39.8 Å². The lowest BCUT2D eigenvalue weighted by molar-refractivity contribution is 0.567. The Labute approximate surface area is 83.5 Å². The molecule has 0 bridgehead atoms. The van der Waals surface area contributed by atoms with Crippen LogP contribution in [0.1, 0.15) is 41.5 Å². The molecule has 0 aliphatic rings. The highest BCUT2D eigenvalue weighted by molar-refractivity contribution is 4.79. The summed E-state index contributed by atoms with van der Waals surface area (Å²) in [6.07, 6.45) is 7.25. The van der Waals surface area contributed by atoms with E-state index < -0.39 is 0 Å². The quantitative estimate of drug-likeness (QED) is 0.522. The fourth-order valence-electron chi connectivity index (χ4n) is 0.227. The molecule has 1 heteroatoms. The lowest BCUT2D eigenvalue weighted by Gasteiger charge is -1.50. The minimum Gasteiger partial charge on any atom is -0.473 e. The topological polar surface area (TPSA) is 13.1 Å². The molecule has 0 aliphatic heterocycles. The van der Waals surface area contributed by atoms with Gasteiger partial charge in [-0.15, -0.1) is 0 Å². The molecule has 78 valence electrons. The Morgan fingerprint density at radius 2 is 1.08 bits per heavy atom. The van der Waals surface area contributed by atoms with Gasteiger partial charge in [-0.2, -0.15) is 0 Å². The SMILES string of the molecule is CC.CC.CC=CC.c1ccoc1. The summed E-state index contributed by atoms with van der Waals surface area (Å²) in [6.45, 7) is 12.0. The van der Waals surface area contributed by atoms with Crippen LogP contribution in [0.15, 0.2) is 41.2 Å². The minimum absolute atomic E-state index is 1.62. The first kappa shape index (κ1) is 17.9. The second-order valence-corrected chi connectivity index (χ2v) is 1.46. The maximum Gasteiger partial charge on any atom is 0.0902 e. The summed E-state index contributed by atoms with van der Waals surface area (Å²) in [6, 6.07) is 3.67. The Bertz CT molecular complexity index is 108. The molecule has 0 saturated heterocycles. The van der Waals surface area contributed by atoms with E-state index in [4.69, 9.17) is 0 Å².